The molecule has 1 N–H and O–H groups in total. The lowest BCUT2D eigenvalue weighted by Crippen LogP contribution is -2.19. The summed E-state index contributed by atoms with van der Waals surface area (Å²) in [6, 6.07) is 14.6. The Morgan fingerprint density at radius 3 is 2.79 bits per heavy atom. The molecule has 1 aliphatic carbocycles. The zero-order valence-corrected chi connectivity index (χ0v) is 18.7. The van der Waals surface area contributed by atoms with Crippen LogP contribution in [0.1, 0.15) is 51.9 Å². The van der Waals surface area contributed by atoms with Gasteiger partial charge < -0.3 is 9.88 Å². The number of benzene rings is 2. The molecule has 2 aromatic carbocycles. The average Bonchev–Trinajstić information content (AvgIpc) is 3.46. The normalized spacial score (nSPS) is 15.0. The number of hydrogen-bond acceptors (Lipinski definition) is 6. The van der Waals surface area contributed by atoms with E-state index in [1.807, 2.05) is 29.1 Å². The Morgan fingerprint density at radius 1 is 1.24 bits per heavy atom. The van der Waals surface area contributed by atoms with E-state index in [0.717, 1.165) is 30.5 Å². The second kappa shape index (κ2) is 8.93. The van der Waals surface area contributed by atoms with Crippen LogP contribution in [0.25, 0.3) is 0 Å². The molecule has 2 heterocycles. The quantitative estimate of drug-likeness (QED) is 0.252. The van der Waals surface area contributed by atoms with Gasteiger partial charge in [0.15, 0.2) is 5.82 Å². The molecule has 1 aliphatic rings. The minimum absolute atomic E-state index is 0.0944. The van der Waals surface area contributed by atoms with Crippen LogP contribution in [0.3, 0.4) is 0 Å². The second-order valence-electron chi connectivity index (χ2n) is 8.46. The van der Waals surface area contributed by atoms with Crippen LogP contribution in [0.5, 0.6) is 0 Å². The molecule has 0 aliphatic heterocycles. The van der Waals surface area contributed by atoms with Gasteiger partial charge in [-0.1, -0.05) is 30.3 Å². The summed E-state index contributed by atoms with van der Waals surface area (Å²) < 4.78 is 3.61. The van der Waals surface area contributed by atoms with Crippen LogP contribution in [0.15, 0.2) is 67.1 Å². The Labute approximate surface area is 196 Å². The topological polar surface area (TPSA) is 108 Å². The average molecular weight is 457 g/mol. The first kappa shape index (κ1) is 21.6. The van der Waals surface area contributed by atoms with Gasteiger partial charge in [-0.2, -0.15) is 5.10 Å². The summed E-state index contributed by atoms with van der Waals surface area (Å²) in [5, 5.41) is 19.8. The van der Waals surface area contributed by atoms with Crippen molar-refractivity contribution in [2.24, 2.45) is 7.05 Å². The van der Waals surface area contributed by atoms with Crippen molar-refractivity contribution in [1.29, 1.82) is 0 Å². The van der Waals surface area contributed by atoms with Crippen molar-refractivity contribution < 1.29 is 9.72 Å². The van der Waals surface area contributed by atoms with E-state index in [2.05, 4.69) is 27.5 Å². The molecule has 0 saturated carbocycles. The molecule has 0 spiro atoms. The van der Waals surface area contributed by atoms with Crippen molar-refractivity contribution in [3.8, 4) is 0 Å². The van der Waals surface area contributed by atoms with Gasteiger partial charge in [-0.25, -0.2) is 4.98 Å². The smallest absolute Gasteiger partial charge is 0.293 e. The van der Waals surface area contributed by atoms with E-state index in [1.54, 1.807) is 29.9 Å². The molecular weight excluding hydrogens is 432 g/mol. The van der Waals surface area contributed by atoms with Gasteiger partial charge in [-0.3, -0.25) is 19.6 Å². The van der Waals surface area contributed by atoms with Gasteiger partial charge in [0.25, 0.3) is 5.69 Å². The molecule has 0 radical (unpaired) electrons. The number of nitrogens with zero attached hydrogens (tertiary/aromatic N) is 5. The number of aromatic nitrogens is 4. The Morgan fingerprint density at radius 2 is 2.06 bits per heavy atom. The molecule has 0 fully saturated rings. The van der Waals surface area contributed by atoms with Crippen LogP contribution in [-0.4, -0.2) is 30.0 Å². The number of fused-ring (bicyclic) bond motifs is 1. The van der Waals surface area contributed by atoms with E-state index in [9.17, 15) is 14.9 Å². The molecule has 1 unspecified atom stereocenters. The number of nitro groups is 1. The van der Waals surface area contributed by atoms with Crippen molar-refractivity contribution in [2.45, 2.75) is 31.8 Å². The zero-order chi connectivity index (χ0) is 23.7. The molecule has 0 bridgehead atoms. The number of nitro benzene ring substituents is 1. The minimum atomic E-state index is -0.458. The molecule has 172 valence electrons. The molecule has 4 aromatic rings. The Kier molecular flexibility index (Phi) is 5.67. The molecule has 34 heavy (non-hydrogen) atoms. The van der Waals surface area contributed by atoms with Crippen LogP contribution in [0.2, 0.25) is 0 Å². The maximum atomic E-state index is 12.8. The summed E-state index contributed by atoms with van der Waals surface area (Å²) in [5.41, 5.74) is 3.86. The van der Waals surface area contributed by atoms with Gasteiger partial charge in [-0.15, -0.1) is 0 Å². The lowest BCUT2D eigenvalue weighted by Gasteiger charge is -2.25. The number of hydrogen-bond donors (Lipinski definition) is 1. The highest BCUT2D eigenvalue weighted by Crippen LogP contribution is 2.36. The second-order valence-corrected chi connectivity index (χ2v) is 8.46. The first-order chi connectivity index (χ1) is 16.5. The Hall–Kier alpha value is -4.27. The molecule has 5 rings (SSSR count). The summed E-state index contributed by atoms with van der Waals surface area (Å²) in [6.45, 7) is 0.688. The van der Waals surface area contributed by atoms with Crippen molar-refractivity contribution in [3.05, 3.63) is 105 Å². The summed E-state index contributed by atoms with van der Waals surface area (Å²) >= 11 is 0. The number of ketones is 1. The molecule has 0 amide bonds. The van der Waals surface area contributed by atoms with Crippen LogP contribution >= 0.6 is 0 Å². The largest absolute Gasteiger partial charge is 0.373 e. The molecule has 9 heteroatoms. The number of carbonyl (C=O) groups excluding carboxylic acids is 1. The van der Waals surface area contributed by atoms with Crippen molar-refractivity contribution in [1.82, 2.24) is 19.3 Å². The van der Waals surface area contributed by atoms with E-state index >= 15 is 0 Å². The summed E-state index contributed by atoms with van der Waals surface area (Å²) in [7, 11) is 1.71. The van der Waals surface area contributed by atoms with Gasteiger partial charge in [0, 0.05) is 42.3 Å². The predicted octanol–water partition coefficient (Wildman–Crippen LogP) is 4.29. The lowest BCUT2D eigenvalue weighted by molar-refractivity contribution is -0.384. The summed E-state index contributed by atoms with van der Waals surface area (Å²) in [6.07, 6.45) is 7.76. The number of imidazole rings is 1. The first-order valence-electron chi connectivity index (χ1n) is 11.2. The van der Waals surface area contributed by atoms with E-state index < -0.39 is 4.92 Å². The SMILES string of the molecule is Cn1ccnc1C(=O)c1ccc(NC2CCCc3c2cnn3Cc2ccccc2)c([N+](=O)[O-])c1. The maximum Gasteiger partial charge on any atom is 0.293 e. The van der Waals surface area contributed by atoms with E-state index in [1.165, 1.54) is 17.8 Å². The van der Waals surface area contributed by atoms with Crippen LogP contribution in [-0.2, 0) is 20.0 Å². The standard InChI is InChI=1S/C25H24N6O3/c1-29-13-12-26-25(29)24(32)18-10-11-21(23(14-18)31(33)34)28-20-8-5-9-22-19(20)15-27-30(22)16-17-6-3-2-4-7-17/h2-4,6-7,10-15,20,28H,5,8-9,16H2,1H3. The van der Waals surface area contributed by atoms with Crippen molar-refractivity contribution >= 4 is 17.2 Å². The zero-order valence-electron chi connectivity index (χ0n) is 18.7. The summed E-state index contributed by atoms with van der Waals surface area (Å²) in [5.74, 6) is -0.123. The third-order valence-corrected chi connectivity index (χ3v) is 6.25. The van der Waals surface area contributed by atoms with Crippen LogP contribution in [0.4, 0.5) is 11.4 Å². The third-order valence-electron chi connectivity index (χ3n) is 6.25. The summed E-state index contributed by atoms with van der Waals surface area (Å²) in [4.78, 5) is 28.2. The van der Waals surface area contributed by atoms with Gasteiger partial charge in [0.2, 0.25) is 5.78 Å². The Bertz CT molecular complexity index is 1360. The van der Waals surface area contributed by atoms with E-state index in [-0.39, 0.29) is 28.9 Å². The molecular formula is C25H24N6O3. The number of anilines is 1. The van der Waals surface area contributed by atoms with Crippen LogP contribution < -0.4 is 5.32 Å². The number of rotatable bonds is 7. The fourth-order valence-electron chi connectivity index (χ4n) is 4.51. The fraction of sp³-hybridized carbons (Fsp3) is 0.240. The first-order valence-corrected chi connectivity index (χ1v) is 11.2. The number of carbonyl (C=O) groups is 1. The molecule has 0 saturated heterocycles. The molecule has 2 aromatic heterocycles. The number of aryl methyl sites for hydroxylation is 1. The fourth-order valence-corrected chi connectivity index (χ4v) is 4.51. The van der Waals surface area contributed by atoms with Crippen molar-refractivity contribution in [3.63, 3.8) is 0 Å². The predicted molar refractivity (Wildman–Crippen MR) is 127 cm³/mol. The van der Waals surface area contributed by atoms with Gasteiger partial charge >= 0.3 is 0 Å². The Balaban J connectivity index is 1.41. The van der Waals surface area contributed by atoms with E-state index in [0.29, 0.717) is 12.2 Å². The van der Waals surface area contributed by atoms with E-state index in [4.69, 9.17) is 0 Å². The maximum absolute atomic E-state index is 12.8. The van der Waals surface area contributed by atoms with Crippen molar-refractivity contribution in [2.75, 3.05) is 5.32 Å². The highest BCUT2D eigenvalue weighted by molar-refractivity contribution is 6.07. The lowest BCUT2D eigenvalue weighted by atomic mass is 9.92. The van der Waals surface area contributed by atoms with Gasteiger partial charge in [0.1, 0.15) is 5.69 Å². The highest BCUT2D eigenvalue weighted by Gasteiger charge is 2.27. The monoisotopic (exact) mass is 456 g/mol. The minimum Gasteiger partial charge on any atom is -0.373 e. The highest BCUT2D eigenvalue weighted by atomic mass is 16.6. The molecule has 1 atom stereocenters. The molecule has 9 nitrogen and oxygen atoms in total. The number of nitrogens with one attached hydrogen (secondary N) is 1. The third kappa shape index (κ3) is 4.07. The van der Waals surface area contributed by atoms with Crippen LogP contribution in [0, 0.1) is 10.1 Å². The van der Waals surface area contributed by atoms with Gasteiger partial charge in [-0.05, 0) is 37.0 Å². The van der Waals surface area contributed by atoms with Gasteiger partial charge in [0.05, 0.1) is 23.7 Å².